The van der Waals surface area contributed by atoms with Crippen LogP contribution in [0.1, 0.15) is 65.7 Å². The lowest BCUT2D eigenvalue weighted by Crippen LogP contribution is -2.47. The van der Waals surface area contributed by atoms with Crippen LogP contribution in [-0.4, -0.2) is 55.3 Å². The van der Waals surface area contributed by atoms with E-state index in [2.05, 4.69) is 11.4 Å². The smallest absolute Gasteiger partial charge is 0.253 e. The molecule has 2 aliphatic heterocycles. The van der Waals surface area contributed by atoms with Crippen molar-refractivity contribution in [3.05, 3.63) is 47.0 Å². The molecule has 2 amide bonds. The first-order chi connectivity index (χ1) is 14.2. The summed E-state index contributed by atoms with van der Waals surface area (Å²) in [4.78, 5) is 27.2. The van der Waals surface area contributed by atoms with Crippen LogP contribution in [0, 0.1) is 0 Å². The quantitative estimate of drug-likeness (QED) is 0.773. The number of benzene rings is 1. The predicted octanol–water partition coefficient (Wildman–Crippen LogP) is 3.29. The van der Waals surface area contributed by atoms with Crippen molar-refractivity contribution in [1.82, 2.24) is 10.2 Å². The van der Waals surface area contributed by atoms with Crippen molar-refractivity contribution in [3.63, 3.8) is 0 Å². The van der Waals surface area contributed by atoms with Crippen LogP contribution in [0.4, 0.5) is 0 Å². The molecule has 0 aromatic heterocycles. The summed E-state index contributed by atoms with van der Waals surface area (Å²) in [7, 11) is 0. The van der Waals surface area contributed by atoms with Crippen molar-refractivity contribution in [3.8, 4) is 0 Å². The van der Waals surface area contributed by atoms with Crippen molar-refractivity contribution in [2.24, 2.45) is 0 Å². The largest absolute Gasteiger partial charge is 0.352 e. The van der Waals surface area contributed by atoms with Crippen LogP contribution >= 0.6 is 0 Å². The maximum absolute atomic E-state index is 12.9. The molecule has 6 nitrogen and oxygen atoms in total. The number of piperidine rings is 1. The van der Waals surface area contributed by atoms with Gasteiger partial charge < -0.3 is 19.7 Å². The van der Waals surface area contributed by atoms with Gasteiger partial charge in [-0.1, -0.05) is 17.7 Å². The Morgan fingerprint density at radius 3 is 2.55 bits per heavy atom. The standard InChI is InChI=1S/C23H30N2O4/c26-21(24-12-9-18-5-2-1-3-6-18)19-7-4-8-20(17-19)22(27)25-13-10-23(11-14-25)28-15-16-29-23/h4-5,7-8,17H,1-3,6,9-16H2,(H,24,26). The van der Waals surface area contributed by atoms with Crippen molar-refractivity contribution < 1.29 is 19.1 Å². The highest BCUT2D eigenvalue weighted by molar-refractivity contribution is 5.99. The molecule has 1 aromatic rings. The molecule has 0 unspecified atom stereocenters. The van der Waals surface area contributed by atoms with Crippen molar-refractivity contribution in [2.75, 3.05) is 32.8 Å². The minimum absolute atomic E-state index is 0.0418. The second-order valence-corrected chi connectivity index (χ2v) is 8.09. The third-order valence-corrected chi connectivity index (χ3v) is 6.11. The van der Waals surface area contributed by atoms with Crippen LogP contribution in [0.15, 0.2) is 35.9 Å². The van der Waals surface area contributed by atoms with E-state index in [-0.39, 0.29) is 11.8 Å². The van der Waals surface area contributed by atoms with Gasteiger partial charge in [0.2, 0.25) is 0 Å². The molecule has 0 atom stereocenters. The molecule has 2 heterocycles. The zero-order chi connectivity index (χ0) is 20.1. The Morgan fingerprint density at radius 2 is 1.83 bits per heavy atom. The summed E-state index contributed by atoms with van der Waals surface area (Å²) < 4.78 is 11.5. The molecule has 2 saturated heterocycles. The number of amides is 2. The molecule has 0 radical (unpaired) electrons. The summed E-state index contributed by atoms with van der Waals surface area (Å²) in [5.74, 6) is -0.659. The maximum atomic E-state index is 12.9. The number of rotatable bonds is 5. The summed E-state index contributed by atoms with van der Waals surface area (Å²) in [5.41, 5.74) is 2.53. The summed E-state index contributed by atoms with van der Waals surface area (Å²) in [5, 5.41) is 2.99. The van der Waals surface area contributed by atoms with Gasteiger partial charge in [0.25, 0.3) is 11.8 Å². The second kappa shape index (κ2) is 9.09. The molecule has 1 spiro atoms. The average Bonchev–Trinajstić information content (AvgIpc) is 3.22. The summed E-state index contributed by atoms with van der Waals surface area (Å²) in [6.45, 7) is 3.09. The fourth-order valence-corrected chi connectivity index (χ4v) is 4.38. The number of carbonyl (C=O) groups excluding carboxylic acids is 2. The van der Waals surface area contributed by atoms with E-state index in [0.29, 0.717) is 56.8 Å². The number of allylic oxidation sites excluding steroid dienone is 1. The van der Waals surface area contributed by atoms with E-state index in [1.165, 1.54) is 18.4 Å². The number of hydrogen-bond acceptors (Lipinski definition) is 4. The number of carbonyl (C=O) groups is 2. The third kappa shape index (κ3) is 4.87. The normalized spacial score (nSPS) is 21.1. The van der Waals surface area contributed by atoms with Gasteiger partial charge in [-0.3, -0.25) is 9.59 Å². The van der Waals surface area contributed by atoms with E-state index in [4.69, 9.17) is 9.47 Å². The molecule has 4 rings (SSSR count). The fraction of sp³-hybridized carbons (Fsp3) is 0.565. The summed E-state index contributed by atoms with van der Waals surface area (Å²) in [6.07, 6.45) is 9.41. The molecule has 3 aliphatic rings. The van der Waals surface area contributed by atoms with E-state index in [1.807, 2.05) is 4.90 Å². The first-order valence-electron chi connectivity index (χ1n) is 10.8. The van der Waals surface area contributed by atoms with Gasteiger partial charge in [-0.15, -0.1) is 0 Å². The van der Waals surface area contributed by atoms with Gasteiger partial charge in [-0.25, -0.2) is 0 Å². The highest BCUT2D eigenvalue weighted by Crippen LogP contribution is 2.31. The van der Waals surface area contributed by atoms with Gasteiger partial charge in [-0.2, -0.15) is 0 Å². The van der Waals surface area contributed by atoms with Crippen LogP contribution in [-0.2, 0) is 9.47 Å². The zero-order valence-electron chi connectivity index (χ0n) is 17.0. The highest BCUT2D eigenvalue weighted by Gasteiger charge is 2.40. The first-order valence-corrected chi connectivity index (χ1v) is 10.8. The lowest BCUT2D eigenvalue weighted by atomic mass is 9.97. The van der Waals surface area contributed by atoms with E-state index in [1.54, 1.807) is 24.3 Å². The van der Waals surface area contributed by atoms with E-state index in [9.17, 15) is 9.59 Å². The van der Waals surface area contributed by atoms with Crippen molar-refractivity contribution in [2.45, 2.75) is 50.7 Å². The molecule has 6 heteroatoms. The van der Waals surface area contributed by atoms with Gasteiger partial charge in [-0.05, 0) is 50.3 Å². The van der Waals surface area contributed by atoms with Gasteiger partial charge in [0, 0.05) is 43.6 Å². The van der Waals surface area contributed by atoms with Crippen LogP contribution in [0.3, 0.4) is 0 Å². The zero-order valence-corrected chi connectivity index (χ0v) is 17.0. The van der Waals surface area contributed by atoms with E-state index >= 15 is 0 Å². The summed E-state index contributed by atoms with van der Waals surface area (Å²) in [6, 6.07) is 7.02. The molecular formula is C23H30N2O4. The molecule has 1 aliphatic carbocycles. The lowest BCUT2D eigenvalue weighted by molar-refractivity contribution is -0.181. The Balaban J connectivity index is 1.31. The highest BCUT2D eigenvalue weighted by atomic mass is 16.7. The Hall–Kier alpha value is -2.18. The van der Waals surface area contributed by atoms with E-state index in [0.717, 1.165) is 19.3 Å². The molecule has 29 heavy (non-hydrogen) atoms. The Bertz CT molecular complexity index is 773. The minimum atomic E-state index is -0.494. The number of hydrogen-bond donors (Lipinski definition) is 1. The summed E-state index contributed by atoms with van der Waals surface area (Å²) >= 11 is 0. The molecule has 1 aromatic carbocycles. The molecular weight excluding hydrogens is 368 g/mol. The van der Waals surface area contributed by atoms with Crippen LogP contribution in [0.5, 0.6) is 0 Å². The maximum Gasteiger partial charge on any atom is 0.253 e. The Labute approximate surface area is 172 Å². The number of nitrogens with one attached hydrogen (secondary N) is 1. The molecule has 1 N–H and O–H groups in total. The van der Waals surface area contributed by atoms with Crippen LogP contribution in [0.2, 0.25) is 0 Å². The van der Waals surface area contributed by atoms with Crippen LogP contribution < -0.4 is 5.32 Å². The third-order valence-electron chi connectivity index (χ3n) is 6.11. The Kier molecular flexibility index (Phi) is 6.31. The van der Waals surface area contributed by atoms with Gasteiger partial charge >= 0.3 is 0 Å². The number of nitrogens with zero attached hydrogens (tertiary/aromatic N) is 1. The van der Waals surface area contributed by atoms with Gasteiger partial charge in [0.1, 0.15) is 0 Å². The minimum Gasteiger partial charge on any atom is -0.352 e. The monoisotopic (exact) mass is 398 g/mol. The Morgan fingerprint density at radius 1 is 1.07 bits per heavy atom. The SMILES string of the molecule is O=C(NCCC1=CCCCC1)c1cccc(C(=O)N2CCC3(CC2)OCCO3)c1. The van der Waals surface area contributed by atoms with Crippen molar-refractivity contribution >= 4 is 11.8 Å². The van der Waals surface area contributed by atoms with Gasteiger partial charge in [0.05, 0.1) is 13.2 Å². The molecule has 2 fully saturated rings. The van der Waals surface area contributed by atoms with E-state index < -0.39 is 5.79 Å². The molecule has 156 valence electrons. The van der Waals surface area contributed by atoms with Crippen molar-refractivity contribution in [1.29, 1.82) is 0 Å². The molecule has 0 saturated carbocycles. The lowest BCUT2D eigenvalue weighted by Gasteiger charge is -2.37. The average molecular weight is 399 g/mol. The van der Waals surface area contributed by atoms with Gasteiger partial charge in [0.15, 0.2) is 5.79 Å². The first kappa shape index (κ1) is 20.1. The number of ether oxygens (including phenoxy) is 2. The number of likely N-dealkylation sites (tertiary alicyclic amines) is 1. The fourth-order valence-electron chi connectivity index (χ4n) is 4.38. The topological polar surface area (TPSA) is 67.9 Å². The molecule has 0 bridgehead atoms. The van der Waals surface area contributed by atoms with Crippen LogP contribution in [0.25, 0.3) is 0 Å². The predicted molar refractivity (Wildman–Crippen MR) is 110 cm³/mol. The second-order valence-electron chi connectivity index (χ2n) is 8.09.